The van der Waals surface area contributed by atoms with Crippen LogP contribution in [-0.4, -0.2) is 33.4 Å². The molecular weight excluding hydrogens is 428 g/mol. The first-order valence-corrected chi connectivity index (χ1v) is 12.0. The Morgan fingerprint density at radius 1 is 1.03 bits per heavy atom. The number of hydrogen-bond donors (Lipinski definition) is 1. The predicted molar refractivity (Wildman–Crippen MR) is 120 cm³/mol. The van der Waals surface area contributed by atoms with Crippen molar-refractivity contribution < 1.29 is 22.7 Å². The molecule has 1 heterocycles. The van der Waals surface area contributed by atoms with Gasteiger partial charge in [0.25, 0.3) is 15.9 Å². The maximum atomic E-state index is 13.0. The Morgan fingerprint density at radius 3 is 2.66 bits per heavy atom. The van der Waals surface area contributed by atoms with E-state index in [0.717, 1.165) is 34.5 Å². The molecule has 1 unspecified atom stereocenters. The van der Waals surface area contributed by atoms with E-state index in [4.69, 9.17) is 4.74 Å². The average Bonchev–Trinajstić information content (AvgIpc) is 3.01. The molecule has 0 radical (unpaired) electrons. The number of nitrogens with zero attached hydrogens (tertiary/aromatic N) is 1. The number of anilines is 1. The van der Waals surface area contributed by atoms with Gasteiger partial charge in [-0.05, 0) is 47.9 Å². The van der Waals surface area contributed by atoms with Gasteiger partial charge in [0.05, 0.1) is 16.6 Å². The molecule has 0 bridgehead atoms. The van der Waals surface area contributed by atoms with Gasteiger partial charge in [0, 0.05) is 5.39 Å². The van der Waals surface area contributed by atoms with E-state index in [9.17, 15) is 18.0 Å². The third-order valence-corrected chi connectivity index (χ3v) is 7.82. The number of sulfonamides is 1. The standard InChI is InChI=1S/C24H22N2O5S/c27-22(25-19-11-3-7-16-6-1-2-10-18(16)19)15-31-23(28)14-26-20-12-4-8-17-9-5-13-21(24(17)20)32(26,29)30/h1-2,4-6,8-10,12-13,19H,3,7,11,14-15H2,(H,25,27). The lowest BCUT2D eigenvalue weighted by Crippen LogP contribution is -2.37. The Kier molecular flexibility index (Phi) is 5.09. The van der Waals surface area contributed by atoms with Crippen LogP contribution in [0.15, 0.2) is 65.6 Å². The second kappa shape index (κ2) is 7.94. The van der Waals surface area contributed by atoms with Gasteiger partial charge in [-0.3, -0.25) is 13.9 Å². The largest absolute Gasteiger partial charge is 0.454 e. The summed E-state index contributed by atoms with van der Waals surface area (Å²) < 4.78 is 32.1. The van der Waals surface area contributed by atoms with Crippen LogP contribution in [-0.2, 0) is 30.8 Å². The number of nitrogens with one attached hydrogen (secondary N) is 1. The van der Waals surface area contributed by atoms with E-state index in [-0.39, 0.29) is 10.9 Å². The van der Waals surface area contributed by atoms with E-state index in [1.807, 2.05) is 30.3 Å². The quantitative estimate of drug-likeness (QED) is 0.603. The number of aryl methyl sites for hydroxylation is 1. The van der Waals surface area contributed by atoms with E-state index in [1.54, 1.807) is 18.2 Å². The van der Waals surface area contributed by atoms with Gasteiger partial charge in [-0.25, -0.2) is 8.42 Å². The molecule has 0 spiro atoms. The molecule has 1 aliphatic carbocycles. The Balaban J connectivity index is 1.24. The SMILES string of the molecule is O=C(COC(=O)CN1c2cccc3cccc(c23)S1(=O)=O)NC1CCCc2ccccc21. The number of amides is 1. The summed E-state index contributed by atoms with van der Waals surface area (Å²) in [6.07, 6.45) is 2.78. The Hall–Kier alpha value is -3.39. The summed E-state index contributed by atoms with van der Waals surface area (Å²) >= 11 is 0. The summed E-state index contributed by atoms with van der Waals surface area (Å²) in [5.74, 6) is -1.19. The van der Waals surface area contributed by atoms with Crippen molar-refractivity contribution in [3.63, 3.8) is 0 Å². The minimum absolute atomic E-state index is 0.114. The fourth-order valence-corrected chi connectivity index (χ4v) is 6.23. The smallest absolute Gasteiger partial charge is 0.327 e. The van der Waals surface area contributed by atoms with E-state index in [2.05, 4.69) is 11.4 Å². The van der Waals surface area contributed by atoms with Crippen molar-refractivity contribution in [3.8, 4) is 0 Å². The highest BCUT2D eigenvalue weighted by Gasteiger charge is 2.37. The van der Waals surface area contributed by atoms with Gasteiger partial charge in [0.2, 0.25) is 0 Å². The van der Waals surface area contributed by atoms with Gasteiger partial charge in [-0.1, -0.05) is 48.5 Å². The maximum absolute atomic E-state index is 13.0. The first-order valence-electron chi connectivity index (χ1n) is 10.5. The highest BCUT2D eigenvalue weighted by Crippen LogP contribution is 2.41. The normalized spacial score (nSPS) is 18.2. The van der Waals surface area contributed by atoms with Crippen molar-refractivity contribution in [3.05, 3.63) is 71.8 Å². The molecule has 0 fully saturated rings. The van der Waals surface area contributed by atoms with E-state index in [1.165, 1.54) is 11.6 Å². The second-order valence-corrected chi connectivity index (χ2v) is 9.85. The molecule has 7 nitrogen and oxygen atoms in total. The predicted octanol–water partition coefficient (Wildman–Crippen LogP) is 3.09. The van der Waals surface area contributed by atoms with Crippen molar-refractivity contribution in [1.82, 2.24) is 5.32 Å². The average molecular weight is 451 g/mol. The first kappa shape index (κ1) is 20.5. The van der Waals surface area contributed by atoms with Crippen LogP contribution in [0.2, 0.25) is 0 Å². The maximum Gasteiger partial charge on any atom is 0.327 e. The summed E-state index contributed by atoms with van der Waals surface area (Å²) in [5, 5.41) is 4.30. The summed E-state index contributed by atoms with van der Waals surface area (Å²) in [7, 11) is -3.86. The monoisotopic (exact) mass is 450 g/mol. The van der Waals surface area contributed by atoms with Crippen LogP contribution in [0, 0.1) is 0 Å². The first-order chi connectivity index (χ1) is 15.4. The van der Waals surface area contributed by atoms with Gasteiger partial charge in [0.15, 0.2) is 6.61 Å². The number of carbonyl (C=O) groups excluding carboxylic acids is 2. The molecule has 0 saturated heterocycles. The molecule has 32 heavy (non-hydrogen) atoms. The molecule has 3 aromatic carbocycles. The molecule has 2 aliphatic rings. The molecule has 0 aromatic heterocycles. The number of rotatable bonds is 5. The zero-order chi connectivity index (χ0) is 22.3. The van der Waals surface area contributed by atoms with Crippen LogP contribution >= 0.6 is 0 Å². The van der Waals surface area contributed by atoms with Gasteiger partial charge < -0.3 is 10.1 Å². The summed E-state index contributed by atoms with van der Waals surface area (Å²) in [4.78, 5) is 25.0. The number of esters is 1. The molecule has 1 aliphatic heterocycles. The number of ether oxygens (including phenoxy) is 1. The fourth-order valence-electron chi connectivity index (χ4n) is 4.58. The molecule has 8 heteroatoms. The number of hydrogen-bond acceptors (Lipinski definition) is 5. The molecular formula is C24H22N2O5S. The van der Waals surface area contributed by atoms with Crippen LogP contribution in [0.25, 0.3) is 10.8 Å². The molecule has 1 atom stereocenters. The molecule has 5 rings (SSSR count). The highest BCUT2D eigenvalue weighted by molar-refractivity contribution is 7.93. The summed E-state index contributed by atoms with van der Waals surface area (Å²) in [5.41, 5.74) is 2.75. The lowest BCUT2D eigenvalue weighted by molar-refractivity contribution is -0.147. The van der Waals surface area contributed by atoms with Gasteiger partial charge in [0.1, 0.15) is 6.54 Å². The summed E-state index contributed by atoms with van der Waals surface area (Å²) in [6.45, 7) is -0.946. The van der Waals surface area contributed by atoms with E-state index >= 15 is 0 Å². The third-order valence-electron chi connectivity index (χ3n) is 6.02. The second-order valence-electron chi connectivity index (χ2n) is 8.01. The Labute approximate surface area is 186 Å². The van der Waals surface area contributed by atoms with Gasteiger partial charge in [-0.2, -0.15) is 0 Å². The molecule has 3 aromatic rings. The van der Waals surface area contributed by atoms with Crippen molar-refractivity contribution in [2.75, 3.05) is 17.5 Å². The topological polar surface area (TPSA) is 92.8 Å². The zero-order valence-electron chi connectivity index (χ0n) is 17.3. The van der Waals surface area contributed by atoms with Crippen LogP contribution in [0.4, 0.5) is 5.69 Å². The van der Waals surface area contributed by atoms with Crippen molar-refractivity contribution >= 4 is 38.4 Å². The van der Waals surface area contributed by atoms with Gasteiger partial charge >= 0.3 is 5.97 Å². The van der Waals surface area contributed by atoms with Crippen molar-refractivity contribution in [1.29, 1.82) is 0 Å². The fraction of sp³-hybridized carbons (Fsp3) is 0.250. The lowest BCUT2D eigenvalue weighted by Gasteiger charge is -2.26. The highest BCUT2D eigenvalue weighted by atomic mass is 32.2. The third kappa shape index (κ3) is 3.50. The van der Waals surface area contributed by atoms with Crippen LogP contribution in [0.1, 0.15) is 30.0 Å². The van der Waals surface area contributed by atoms with Crippen molar-refractivity contribution in [2.45, 2.75) is 30.2 Å². The molecule has 164 valence electrons. The molecule has 1 N–H and O–H groups in total. The minimum atomic E-state index is -3.86. The Morgan fingerprint density at radius 2 is 1.81 bits per heavy atom. The molecule has 1 amide bonds. The van der Waals surface area contributed by atoms with Crippen LogP contribution in [0.3, 0.4) is 0 Å². The minimum Gasteiger partial charge on any atom is -0.454 e. The van der Waals surface area contributed by atoms with Crippen LogP contribution in [0.5, 0.6) is 0 Å². The zero-order valence-corrected chi connectivity index (χ0v) is 18.1. The van der Waals surface area contributed by atoms with E-state index < -0.39 is 35.1 Å². The number of carbonyl (C=O) groups is 2. The van der Waals surface area contributed by atoms with Crippen molar-refractivity contribution in [2.24, 2.45) is 0 Å². The molecule has 0 saturated carbocycles. The van der Waals surface area contributed by atoms with E-state index in [0.29, 0.717) is 11.1 Å². The number of fused-ring (bicyclic) bond motifs is 1. The van der Waals surface area contributed by atoms with Crippen LogP contribution < -0.4 is 9.62 Å². The Bertz CT molecular complexity index is 1330. The lowest BCUT2D eigenvalue weighted by atomic mass is 9.88. The number of benzene rings is 3. The summed E-state index contributed by atoms with van der Waals surface area (Å²) in [6, 6.07) is 18.1. The van der Waals surface area contributed by atoms with Gasteiger partial charge in [-0.15, -0.1) is 0 Å².